The second kappa shape index (κ2) is 6.41. The summed E-state index contributed by atoms with van der Waals surface area (Å²) in [6, 6.07) is 5.22. The second-order valence-corrected chi connectivity index (χ2v) is 4.35. The van der Waals surface area contributed by atoms with Gasteiger partial charge in [-0.05, 0) is 25.5 Å². The Balaban J connectivity index is 3.13. The number of benzene rings is 1. The third-order valence-corrected chi connectivity index (χ3v) is 2.62. The fourth-order valence-corrected chi connectivity index (χ4v) is 1.74. The smallest absolute Gasteiger partial charge is 0.311 e. The maximum atomic E-state index is 12.9. The van der Waals surface area contributed by atoms with Crippen LogP contribution in [0.4, 0.5) is 13.2 Å². The monoisotopic (exact) mass is 283 g/mol. The first-order valence-corrected chi connectivity index (χ1v) is 6.01. The summed E-state index contributed by atoms with van der Waals surface area (Å²) in [7, 11) is 0. The van der Waals surface area contributed by atoms with Gasteiger partial charge in [-0.15, -0.1) is 0 Å². The number of allylic oxidation sites excluding steroid dienone is 1. The zero-order valence-electron chi connectivity index (χ0n) is 11.4. The van der Waals surface area contributed by atoms with E-state index >= 15 is 0 Å². The lowest BCUT2D eigenvalue weighted by molar-refractivity contribution is -0.139. The molecular weight excluding hydrogens is 267 g/mol. The molecule has 5 heteroatoms. The molecule has 1 aromatic rings. The number of rotatable bonds is 4. The minimum atomic E-state index is -4.44. The minimum Gasteiger partial charge on any atom is -0.311 e. The van der Waals surface area contributed by atoms with Gasteiger partial charge in [-0.3, -0.25) is 4.79 Å². The van der Waals surface area contributed by atoms with Crippen LogP contribution in [-0.2, 0) is 17.5 Å². The van der Waals surface area contributed by atoms with Crippen molar-refractivity contribution in [3.05, 3.63) is 59.8 Å². The van der Waals surface area contributed by atoms with Gasteiger partial charge in [-0.2, -0.15) is 13.2 Å². The van der Waals surface area contributed by atoms with E-state index in [0.717, 1.165) is 6.07 Å². The third-order valence-electron chi connectivity index (χ3n) is 2.62. The Morgan fingerprint density at radius 3 is 2.45 bits per heavy atom. The van der Waals surface area contributed by atoms with E-state index in [1.807, 2.05) is 0 Å². The fraction of sp³-hybridized carbons (Fsp3) is 0.267. The number of hydrogen-bond acceptors (Lipinski definition) is 1. The van der Waals surface area contributed by atoms with Crippen LogP contribution in [0.1, 0.15) is 25.0 Å². The summed E-state index contributed by atoms with van der Waals surface area (Å²) in [5, 5.41) is 0. The van der Waals surface area contributed by atoms with Crippen molar-refractivity contribution >= 4 is 5.91 Å². The molecule has 0 saturated carbocycles. The van der Waals surface area contributed by atoms with Crippen LogP contribution >= 0.6 is 0 Å². The van der Waals surface area contributed by atoms with Crippen LogP contribution < -0.4 is 0 Å². The maximum absolute atomic E-state index is 12.9. The van der Waals surface area contributed by atoms with Gasteiger partial charge in [0.1, 0.15) is 0 Å². The molecule has 0 aliphatic heterocycles. The molecule has 108 valence electrons. The number of hydrogen-bond donors (Lipinski definition) is 0. The summed E-state index contributed by atoms with van der Waals surface area (Å²) in [5.41, 5.74) is -0.413. The van der Waals surface area contributed by atoms with Crippen molar-refractivity contribution < 1.29 is 18.0 Å². The first-order chi connectivity index (χ1) is 9.27. The first kappa shape index (κ1) is 16.0. The molecule has 0 aromatic heterocycles. The van der Waals surface area contributed by atoms with Gasteiger partial charge >= 0.3 is 6.18 Å². The van der Waals surface area contributed by atoms with Crippen molar-refractivity contribution in [2.45, 2.75) is 26.6 Å². The van der Waals surface area contributed by atoms with E-state index in [2.05, 4.69) is 6.58 Å². The second-order valence-electron chi connectivity index (χ2n) is 4.35. The first-order valence-electron chi connectivity index (χ1n) is 6.01. The summed E-state index contributed by atoms with van der Waals surface area (Å²) in [6.07, 6.45) is -1.40. The molecule has 0 heterocycles. The van der Waals surface area contributed by atoms with Gasteiger partial charge in [0.2, 0.25) is 0 Å². The Morgan fingerprint density at radius 1 is 1.35 bits per heavy atom. The topological polar surface area (TPSA) is 20.3 Å². The highest BCUT2D eigenvalue weighted by molar-refractivity contribution is 5.92. The van der Waals surface area contributed by atoms with Crippen molar-refractivity contribution in [3.63, 3.8) is 0 Å². The van der Waals surface area contributed by atoms with Gasteiger partial charge in [0.05, 0.1) is 12.1 Å². The summed E-state index contributed by atoms with van der Waals surface area (Å²) < 4.78 is 38.7. The Labute approximate surface area is 116 Å². The van der Waals surface area contributed by atoms with E-state index in [1.165, 1.54) is 36.2 Å². The highest BCUT2D eigenvalue weighted by Gasteiger charge is 2.33. The van der Waals surface area contributed by atoms with E-state index in [-0.39, 0.29) is 17.7 Å². The third kappa shape index (κ3) is 3.98. The average Bonchev–Trinajstić information content (AvgIpc) is 2.36. The highest BCUT2D eigenvalue weighted by atomic mass is 19.4. The molecule has 0 N–H and O–H groups in total. The van der Waals surface area contributed by atoms with Crippen LogP contribution in [0.5, 0.6) is 0 Å². The number of halogens is 3. The van der Waals surface area contributed by atoms with Gasteiger partial charge in [0.15, 0.2) is 0 Å². The molecule has 0 atom stereocenters. The lowest BCUT2D eigenvalue weighted by Crippen LogP contribution is -2.26. The molecule has 1 aromatic carbocycles. The van der Waals surface area contributed by atoms with E-state index in [0.29, 0.717) is 0 Å². The fourth-order valence-electron chi connectivity index (χ4n) is 1.74. The molecule has 0 saturated heterocycles. The molecular formula is C15H16F3NO. The number of amides is 1. The predicted molar refractivity (Wildman–Crippen MR) is 71.6 cm³/mol. The summed E-state index contributed by atoms with van der Waals surface area (Å²) in [4.78, 5) is 13.1. The maximum Gasteiger partial charge on any atom is 0.416 e. The molecule has 0 fully saturated rings. The van der Waals surface area contributed by atoms with E-state index in [1.54, 1.807) is 13.0 Å². The Kier molecular flexibility index (Phi) is 5.13. The van der Waals surface area contributed by atoms with Crippen LogP contribution in [0.25, 0.3) is 0 Å². The standard InChI is InChI=1S/C15H16F3NO/c1-4-9-19(14(20)11(2)3)10-12-7-5-6-8-13(12)15(16,17)18/h4-9H,2,10H2,1,3H3/b9-4-. The largest absolute Gasteiger partial charge is 0.416 e. The van der Waals surface area contributed by atoms with Gasteiger partial charge in [-0.25, -0.2) is 0 Å². The molecule has 1 amide bonds. The molecule has 0 spiro atoms. The Morgan fingerprint density at radius 2 is 1.95 bits per heavy atom. The van der Waals surface area contributed by atoms with Crippen LogP contribution in [-0.4, -0.2) is 10.8 Å². The van der Waals surface area contributed by atoms with Crippen LogP contribution in [0, 0.1) is 0 Å². The van der Waals surface area contributed by atoms with Crippen molar-refractivity contribution in [2.75, 3.05) is 0 Å². The molecule has 0 aliphatic rings. The molecule has 0 aliphatic carbocycles. The summed E-state index contributed by atoms with van der Waals surface area (Å²) in [5.74, 6) is -0.403. The van der Waals surface area contributed by atoms with Crippen molar-refractivity contribution in [3.8, 4) is 0 Å². The van der Waals surface area contributed by atoms with Crippen molar-refractivity contribution in [1.29, 1.82) is 0 Å². The minimum absolute atomic E-state index is 0.0488. The average molecular weight is 283 g/mol. The van der Waals surface area contributed by atoms with Crippen LogP contribution in [0.3, 0.4) is 0 Å². The SMILES string of the molecule is C=C(C)C(=O)N(/C=C\C)Cc1ccccc1C(F)(F)F. The van der Waals surface area contributed by atoms with Gasteiger partial charge < -0.3 is 4.90 Å². The van der Waals surface area contributed by atoms with Gasteiger partial charge in [-0.1, -0.05) is 30.9 Å². The molecule has 0 radical (unpaired) electrons. The molecule has 0 bridgehead atoms. The predicted octanol–water partition coefficient (Wildman–Crippen LogP) is 4.14. The lowest BCUT2D eigenvalue weighted by atomic mass is 10.1. The number of alkyl halides is 3. The van der Waals surface area contributed by atoms with Gasteiger partial charge in [0, 0.05) is 11.8 Å². The zero-order valence-corrected chi connectivity index (χ0v) is 11.4. The van der Waals surface area contributed by atoms with Crippen molar-refractivity contribution in [1.82, 2.24) is 4.90 Å². The number of carbonyl (C=O) groups is 1. The highest BCUT2D eigenvalue weighted by Crippen LogP contribution is 2.32. The van der Waals surface area contributed by atoms with Gasteiger partial charge in [0.25, 0.3) is 5.91 Å². The lowest BCUT2D eigenvalue weighted by Gasteiger charge is -2.21. The van der Waals surface area contributed by atoms with Crippen LogP contribution in [0.15, 0.2) is 48.7 Å². The summed E-state index contributed by atoms with van der Waals surface area (Å²) >= 11 is 0. The van der Waals surface area contributed by atoms with Crippen molar-refractivity contribution in [2.24, 2.45) is 0 Å². The quantitative estimate of drug-likeness (QED) is 0.760. The van der Waals surface area contributed by atoms with E-state index in [9.17, 15) is 18.0 Å². The van der Waals surface area contributed by atoms with Crippen LogP contribution in [0.2, 0.25) is 0 Å². The van der Waals surface area contributed by atoms with E-state index < -0.39 is 17.6 Å². The summed E-state index contributed by atoms with van der Waals surface area (Å²) in [6.45, 7) is 6.59. The molecule has 1 rings (SSSR count). The Bertz CT molecular complexity index is 532. The normalized spacial score (nSPS) is 11.7. The number of nitrogens with zero attached hydrogens (tertiary/aromatic N) is 1. The zero-order chi connectivity index (χ0) is 15.3. The molecule has 20 heavy (non-hydrogen) atoms. The van der Waals surface area contributed by atoms with E-state index in [4.69, 9.17) is 0 Å². The Hall–Kier alpha value is -2.04. The molecule has 0 unspecified atom stereocenters. The number of carbonyl (C=O) groups excluding carboxylic acids is 1. The molecule has 2 nitrogen and oxygen atoms in total.